The zero-order chi connectivity index (χ0) is 27.2. The van der Waals surface area contributed by atoms with Crippen LogP contribution in [0, 0.1) is 39.0 Å². The lowest BCUT2D eigenvalue weighted by Gasteiger charge is -2.33. The van der Waals surface area contributed by atoms with Gasteiger partial charge in [0.25, 0.3) is 5.91 Å². The van der Waals surface area contributed by atoms with Crippen LogP contribution < -0.4 is 10.6 Å². The molecule has 2 aromatic carbocycles. The Bertz CT molecular complexity index is 1160. The van der Waals surface area contributed by atoms with E-state index in [1.807, 2.05) is 70.2 Å². The lowest BCUT2D eigenvalue weighted by atomic mass is 9.96. The minimum absolute atomic E-state index is 0.350. The van der Waals surface area contributed by atoms with E-state index >= 15 is 0 Å². The maximum Gasteiger partial charge on any atom is 0.408 e. The molecule has 0 spiro atoms. The predicted molar refractivity (Wildman–Crippen MR) is 139 cm³/mol. The van der Waals surface area contributed by atoms with Gasteiger partial charge in [0.1, 0.15) is 24.2 Å². The van der Waals surface area contributed by atoms with Crippen LogP contribution in [0.25, 0.3) is 0 Å². The molecule has 192 valence electrons. The number of rotatable bonds is 7. The second-order valence-corrected chi connectivity index (χ2v) is 10.0. The standard InChI is InChI=1S/C28H36N4O4/c1-17-12-13-18(2)22(16-17)24(25(33)31-23-19(3)10-9-11-20(23)4)32(15-14-29)26(34)21(5)30-27(35)36-28(6,7)8/h9-13,16,21,24H,15H2,1-8H3,(H,30,35)(H,31,33). The van der Waals surface area contributed by atoms with Gasteiger partial charge in [0, 0.05) is 5.69 Å². The van der Waals surface area contributed by atoms with Gasteiger partial charge in [-0.1, -0.05) is 42.0 Å². The number of amides is 3. The first kappa shape index (κ1) is 28.4. The number of aryl methyl sites for hydroxylation is 4. The highest BCUT2D eigenvalue weighted by molar-refractivity contribution is 6.00. The Hall–Kier alpha value is -3.86. The van der Waals surface area contributed by atoms with E-state index in [-0.39, 0.29) is 6.54 Å². The van der Waals surface area contributed by atoms with E-state index in [1.165, 1.54) is 11.8 Å². The van der Waals surface area contributed by atoms with E-state index in [0.717, 1.165) is 22.3 Å². The molecule has 3 amide bonds. The number of benzene rings is 2. The van der Waals surface area contributed by atoms with Crippen molar-refractivity contribution in [2.75, 3.05) is 11.9 Å². The predicted octanol–water partition coefficient (Wildman–Crippen LogP) is 4.87. The van der Waals surface area contributed by atoms with Gasteiger partial charge in [-0.2, -0.15) is 5.26 Å². The number of carbonyl (C=O) groups is 3. The van der Waals surface area contributed by atoms with Gasteiger partial charge in [-0.3, -0.25) is 9.59 Å². The topological polar surface area (TPSA) is 112 Å². The highest BCUT2D eigenvalue weighted by atomic mass is 16.6. The summed E-state index contributed by atoms with van der Waals surface area (Å²) in [7, 11) is 0. The zero-order valence-electron chi connectivity index (χ0n) is 22.4. The van der Waals surface area contributed by atoms with Crippen LogP contribution in [0.15, 0.2) is 36.4 Å². The number of hydrogen-bond donors (Lipinski definition) is 2. The Morgan fingerprint density at radius 3 is 2.19 bits per heavy atom. The van der Waals surface area contributed by atoms with Gasteiger partial charge in [0.15, 0.2) is 0 Å². The highest BCUT2D eigenvalue weighted by Crippen LogP contribution is 2.29. The van der Waals surface area contributed by atoms with E-state index < -0.39 is 35.6 Å². The van der Waals surface area contributed by atoms with Crippen molar-refractivity contribution in [2.24, 2.45) is 0 Å². The summed E-state index contributed by atoms with van der Waals surface area (Å²) in [5.41, 5.74) is 3.97. The minimum atomic E-state index is -1.10. The van der Waals surface area contributed by atoms with Crippen LogP contribution in [0.4, 0.5) is 10.5 Å². The Balaban J connectivity index is 2.51. The molecule has 8 nitrogen and oxygen atoms in total. The van der Waals surface area contributed by atoms with E-state index in [1.54, 1.807) is 20.8 Å². The summed E-state index contributed by atoms with van der Waals surface area (Å²) in [5, 5.41) is 15.1. The molecule has 0 aromatic heterocycles. The zero-order valence-corrected chi connectivity index (χ0v) is 22.4. The van der Waals surface area contributed by atoms with Crippen molar-refractivity contribution < 1.29 is 19.1 Å². The van der Waals surface area contributed by atoms with E-state index in [0.29, 0.717) is 11.3 Å². The summed E-state index contributed by atoms with van der Waals surface area (Å²) in [6.45, 7) is 13.8. The molecule has 0 bridgehead atoms. The Kier molecular flexibility index (Phi) is 9.23. The van der Waals surface area contributed by atoms with Gasteiger partial charge in [0.2, 0.25) is 5.91 Å². The molecule has 36 heavy (non-hydrogen) atoms. The van der Waals surface area contributed by atoms with Crippen LogP contribution >= 0.6 is 0 Å². The van der Waals surface area contributed by atoms with Gasteiger partial charge >= 0.3 is 6.09 Å². The van der Waals surface area contributed by atoms with Crippen LogP contribution in [-0.4, -0.2) is 41.0 Å². The van der Waals surface area contributed by atoms with Gasteiger partial charge in [-0.15, -0.1) is 0 Å². The number of ether oxygens (including phenoxy) is 1. The fourth-order valence-electron chi connectivity index (χ4n) is 3.88. The van der Waals surface area contributed by atoms with Crippen LogP contribution in [0.2, 0.25) is 0 Å². The smallest absolute Gasteiger partial charge is 0.408 e. The van der Waals surface area contributed by atoms with Crippen LogP contribution in [-0.2, 0) is 14.3 Å². The number of alkyl carbamates (subject to hydrolysis) is 1. The Labute approximate surface area is 213 Å². The quantitative estimate of drug-likeness (QED) is 0.536. The fourth-order valence-corrected chi connectivity index (χ4v) is 3.88. The highest BCUT2D eigenvalue weighted by Gasteiger charge is 2.36. The van der Waals surface area contributed by atoms with Gasteiger partial charge in [-0.05, 0) is 77.6 Å². The first-order valence-electron chi connectivity index (χ1n) is 11.9. The third-order valence-corrected chi connectivity index (χ3v) is 5.65. The number of nitriles is 1. The molecule has 2 rings (SSSR count). The summed E-state index contributed by atoms with van der Waals surface area (Å²) >= 11 is 0. The minimum Gasteiger partial charge on any atom is -0.444 e. The summed E-state index contributed by atoms with van der Waals surface area (Å²) in [5.74, 6) is -1.03. The number of nitrogens with zero attached hydrogens (tertiary/aromatic N) is 2. The largest absolute Gasteiger partial charge is 0.444 e. The maximum absolute atomic E-state index is 13.8. The normalized spacial score (nSPS) is 12.6. The molecule has 2 N–H and O–H groups in total. The lowest BCUT2D eigenvalue weighted by molar-refractivity contribution is -0.139. The van der Waals surface area contributed by atoms with Crippen LogP contribution in [0.1, 0.15) is 61.6 Å². The van der Waals surface area contributed by atoms with Gasteiger partial charge in [-0.25, -0.2) is 4.79 Å². The maximum atomic E-state index is 13.8. The van der Waals surface area contributed by atoms with E-state index in [9.17, 15) is 19.6 Å². The third kappa shape index (κ3) is 7.32. The monoisotopic (exact) mass is 492 g/mol. The number of para-hydroxylation sites is 1. The molecule has 2 atom stereocenters. The van der Waals surface area contributed by atoms with Crippen molar-refractivity contribution >= 4 is 23.6 Å². The van der Waals surface area contributed by atoms with Crippen molar-refractivity contribution in [2.45, 2.75) is 73.1 Å². The molecule has 0 aliphatic rings. The van der Waals surface area contributed by atoms with Crippen molar-refractivity contribution in [3.63, 3.8) is 0 Å². The molecule has 0 saturated carbocycles. The molecular weight excluding hydrogens is 456 g/mol. The van der Waals surface area contributed by atoms with Crippen molar-refractivity contribution in [1.29, 1.82) is 5.26 Å². The SMILES string of the molecule is Cc1ccc(C)c(C(C(=O)Nc2c(C)cccc2C)N(CC#N)C(=O)C(C)NC(=O)OC(C)(C)C)c1. The molecule has 0 aliphatic heterocycles. The van der Waals surface area contributed by atoms with Crippen LogP contribution in [0.3, 0.4) is 0 Å². The molecule has 0 fully saturated rings. The molecule has 0 radical (unpaired) electrons. The van der Waals surface area contributed by atoms with Crippen molar-refractivity contribution in [3.8, 4) is 6.07 Å². The number of carbonyl (C=O) groups excluding carboxylic acids is 3. The van der Waals surface area contributed by atoms with Gasteiger partial charge < -0.3 is 20.3 Å². The van der Waals surface area contributed by atoms with Crippen LogP contribution in [0.5, 0.6) is 0 Å². The van der Waals surface area contributed by atoms with E-state index in [2.05, 4.69) is 10.6 Å². The summed E-state index contributed by atoms with van der Waals surface area (Å²) < 4.78 is 5.27. The summed E-state index contributed by atoms with van der Waals surface area (Å²) in [4.78, 5) is 40.9. The Morgan fingerprint density at radius 2 is 1.64 bits per heavy atom. The average Bonchev–Trinajstić information content (AvgIpc) is 2.76. The summed E-state index contributed by atoms with van der Waals surface area (Å²) in [6.07, 6.45) is -0.761. The number of hydrogen-bond acceptors (Lipinski definition) is 5. The lowest BCUT2D eigenvalue weighted by Crippen LogP contribution is -2.51. The number of nitrogens with one attached hydrogen (secondary N) is 2. The molecular formula is C28H36N4O4. The van der Waals surface area contributed by atoms with Crippen molar-refractivity contribution in [3.05, 3.63) is 64.2 Å². The fraction of sp³-hybridized carbons (Fsp3) is 0.429. The molecule has 0 saturated heterocycles. The molecule has 8 heteroatoms. The Morgan fingerprint density at radius 1 is 1.03 bits per heavy atom. The average molecular weight is 493 g/mol. The van der Waals surface area contributed by atoms with E-state index in [4.69, 9.17) is 4.74 Å². The molecule has 0 aliphatic carbocycles. The second-order valence-electron chi connectivity index (χ2n) is 10.0. The molecule has 0 heterocycles. The number of anilines is 1. The molecule has 2 aromatic rings. The second kappa shape index (κ2) is 11.7. The summed E-state index contributed by atoms with van der Waals surface area (Å²) in [6, 6.07) is 11.2. The third-order valence-electron chi connectivity index (χ3n) is 5.65. The van der Waals surface area contributed by atoms with Gasteiger partial charge in [0.05, 0.1) is 6.07 Å². The first-order valence-corrected chi connectivity index (χ1v) is 11.9. The van der Waals surface area contributed by atoms with Crippen molar-refractivity contribution in [1.82, 2.24) is 10.2 Å². The molecule has 2 unspecified atom stereocenters. The first-order chi connectivity index (χ1) is 16.7.